The Hall–Kier alpha value is -1.44. The number of hydrogen-bond donors (Lipinski definition) is 2. The van der Waals surface area contributed by atoms with E-state index in [1.54, 1.807) is 26.8 Å². The number of carbonyl (C=O) groups is 1. The number of rotatable bonds is 6. The number of aliphatic hydroxyl groups is 1. The number of benzene rings is 1. The van der Waals surface area contributed by atoms with Crippen LogP contribution in [0.5, 0.6) is 0 Å². The fourth-order valence-corrected chi connectivity index (χ4v) is 3.55. The van der Waals surface area contributed by atoms with E-state index in [2.05, 4.69) is 9.46 Å². The molecule has 0 fully saturated rings. The first-order chi connectivity index (χ1) is 9.67. The molecule has 1 aromatic carbocycles. The van der Waals surface area contributed by atoms with Crippen molar-refractivity contribution in [3.8, 4) is 0 Å². The second kappa shape index (κ2) is 7.02. The second-order valence-corrected chi connectivity index (χ2v) is 6.76. The third-order valence-corrected chi connectivity index (χ3v) is 4.68. The number of aryl methyl sites for hydroxylation is 1. The van der Waals surface area contributed by atoms with Crippen LogP contribution in [0.1, 0.15) is 36.2 Å². The fourth-order valence-electron chi connectivity index (χ4n) is 2.02. The molecular formula is C14H21NO5S. The van der Waals surface area contributed by atoms with Crippen LogP contribution in [0.3, 0.4) is 0 Å². The van der Waals surface area contributed by atoms with E-state index in [0.717, 1.165) is 0 Å². The van der Waals surface area contributed by atoms with Gasteiger partial charge < -0.3 is 9.84 Å². The summed E-state index contributed by atoms with van der Waals surface area (Å²) in [6.45, 7) is 4.91. The van der Waals surface area contributed by atoms with E-state index in [9.17, 15) is 18.3 Å². The van der Waals surface area contributed by atoms with Gasteiger partial charge in [-0.2, -0.15) is 0 Å². The Balaban J connectivity index is 3.10. The standard InChI is InChI=1S/C14H21NO5S/c1-9-5-6-12(14(17)20-4)8-13(9)21(18,19)15-10(2)7-11(3)16/h5-6,8,10-11,15-16H,7H2,1-4H3. The van der Waals surface area contributed by atoms with Crippen molar-refractivity contribution in [2.45, 2.75) is 44.2 Å². The number of nitrogens with one attached hydrogen (secondary N) is 1. The van der Waals surface area contributed by atoms with Crippen molar-refractivity contribution in [2.75, 3.05) is 7.11 Å². The summed E-state index contributed by atoms with van der Waals surface area (Å²) in [4.78, 5) is 11.5. The molecular weight excluding hydrogens is 294 g/mol. The highest BCUT2D eigenvalue weighted by Crippen LogP contribution is 2.18. The van der Waals surface area contributed by atoms with Crippen LogP contribution in [-0.2, 0) is 14.8 Å². The Kier molecular flexibility index (Phi) is 5.88. The molecule has 0 aliphatic heterocycles. The minimum absolute atomic E-state index is 0.0304. The molecule has 2 N–H and O–H groups in total. The van der Waals surface area contributed by atoms with Crippen LogP contribution in [0.15, 0.2) is 23.1 Å². The molecule has 7 heteroatoms. The van der Waals surface area contributed by atoms with Crippen molar-refractivity contribution in [1.29, 1.82) is 0 Å². The third kappa shape index (κ3) is 4.80. The van der Waals surface area contributed by atoms with E-state index in [-0.39, 0.29) is 10.5 Å². The van der Waals surface area contributed by atoms with Gasteiger partial charge in [-0.1, -0.05) is 6.07 Å². The van der Waals surface area contributed by atoms with Crippen molar-refractivity contribution in [3.63, 3.8) is 0 Å². The smallest absolute Gasteiger partial charge is 0.337 e. The van der Waals surface area contributed by atoms with E-state index < -0.39 is 28.1 Å². The van der Waals surface area contributed by atoms with E-state index in [0.29, 0.717) is 12.0 Å². The monoisotopic (exact) mass is 315 g/mol. The largest absolute Gasteiger partial charge is 0.465 e. The first-order valence-corrected chi connectivity index (χ1v) is 8.05. The zero-order valence-corrected chi connectivity index (χ0v) is 13.4. The highest BCUT2D eigenvalue weighted by molar-refractivity contribution is 7.89. The number of hydrogen-bond acceptors (Lipinski definition) is 5. The average Bonchev–Trinajstić information content (AvgIpc) is 2.36. The third-order valence-electron chi connectivity index (χ3n) is 2.95. The SMILES string of the molecule is COC(=O)c1ccc(C)c(S(=O)(=O)NC(C)CC(C)O)c1. The van der Waals surface area contributed by atoms with Crippen molar-refractivity contribution in [3.05, 3.63) is 29.3 Å². The molecule has 118 valence electrons. The van der Waals surface area contributed by atoms with Crippen molar-refractivity contribution in [1.82, 2.24) is 4.72 Å². The van der Waals surface area contributed by atoms with Gasteiger partial charge in [0.25, 0.3) is 0 Å². The number of carbonyl (C=O) groups excluding carboxylic acids is 1. The van der Waals surface area contributed by atoms with Gasteiger partial charge in [0.2, 0.25) is 10.0 Å². The Labute approximate surface area is 125 Å². The molecule has 0 radical (unpaired) electrons. The average molecular weight is 315 g/mol. The molecule has 0 saturated heterocycles. The van der Waals surface area contributed by atoms with Gasteiger partial charge in [-0.25, -0.2) is 17.9 Å². The lowest BCUT2D eigenvalue weighted by Gasteiger charge is -2.17. The topological polar surface area (TPSA) is 92.7 Å². The molecule has 1 aromatic rings. The predicted octanol–water partition coefficient (Wildman–Crippen LogP) is 1.22. The van der Waals surface area contributed by atoms with Gasteiger partial charge in [-0.15, -0.1) is 0 Å². The molecule has 0 heterocycles. The van der Waals surface area contributed by atoms with Crippen molar-refractivity contribution in [2.24, 2.45) is 0 Å². The molecule has 0 spiro atoms. The number of methoxy groups -OCH3 is 1. The minimum atomic E-state index is -3.77. The molecule has 21 heavy (non-hydrogen) atoms. The Morgan fingerprint density at radius 1 is 1.38 bits per heavy atom. The number of aliphatic hydroxyl groups excluding tert-OH is 1. The van der Waals surface area contributed by atoms with Gasteiger partial charge in [-0.3, -0.25) is 0 Å². The Morgan fingerprint density at radius 3 is 2.52 bits per heavy atom. The summed E-state index contributed by atoms with van der Waals surface area (Å²) in [5.74, 6) is -0.594. The van der Waals surface area contributed by atoms with Gasteiger partial charge in [0.05, 0.1) is 23.7 Å². The minimum Gasteiger partial charge on any atom is -0.465 e. The molecule has 0 saturated carbocycles. The zero-order valence-electron chi connectivity index (χ0n) is 12.6. The summed E-state index contributed by atoms with van der Waals surface area (Å²) in [6.07, 6.45) is -0.306. The summed E-state index contributed by atoms with van der Waals surface area (Å²) in [5.41, 5.74) is 0.700. The molecule has 0 aromatic heterocycles. The molecule has 2 unspecified atom stereocenters. The summed E-state index contributed by atoms with van der Waals surface area (Å²) in [7, 11) is -2.53. The molecule has 2 atom stereocenters. The molecule has 0 amide bonds. The maximum Gasteiger partial charge on any atom is 0.337 e. The van der Waals surface area contributed by atoms with Crippen LogP contribution in [0, 0.1) is 6.92 Å². The van der Waals surface area contributed by atoms with Crippen LogP contribution in [0.2, 0.25) is 0 Å². The fraction of sp³-hybridized carbons (Fsp3) is 0.500. The van der Waals surface area contributed by atoms with E-state index >= 15 is 0 Å². The predicted molar refractivity (Wildman–Crippen MR) is 78.6 cm³/mol. The highest BCUT2D eigenvalue weighted by atomic mass is 32.2. The maximum atomic E-state index is 12.4. The summed E-state index contributed by atoms with van der Waals surface area (Å²) in [5, 5.41) is 9.30. The molecule has 0 aliphatic carbocycles. The van der Waals surface area contributed by atoms with E-state index in [1.165, 1.54) is 19.2 Å². The Morgan fingerprint density at radius 2 is 2.00 bits per heavy atom. The van der Waals surface area contributed by atoms with Crippen LogP contribution >= 0.6 is 0 Å². The van der Waals surface area contributed by atoms with Gasteiger partial charge in [0, 0.05) is 6.04 Å². The number of ether oxygens (including phenoxy) is 1. The van der Waals surface area contributed by atoms with Crippen molar-refractivity contribution >= 4 is 16.0 Å². The van der Waals surface area contributed by atoms with Crippen LogP contribution in [0.4, 0.5) is 0 Å². The quantitative estimate of drug-likeness (QED) is 0.770. The molecule has 0 aliphatic rings. The lowest BCUT2D eigenvalue weighted by molar-refractivity contribution is 0.0600. The van der Waals surface area contributed by atoms with E-state index in [1.807, 2.05) is 0 Å². The summed E-state index contributed by atoms with van der Waals surface area (Å²) < 4.78 is 31.8. The first kappa shape index (κ1) is 17.6. The van der Waals surface area contributed by atoms with Gasteiger partial charge in [0.15, 0.2) is 0 Å². The first-order valence-electron chi connectivity index (χ1n) is 6.56. The normalized spacial score (nSPS) is 14.5. The maximum absolute atomic E-state index is 12.4. The molecule has 6 nitrogen and oxygen atoms in total. The Bertz CT molecular complexity index is 610. The molecule has 0 bridgehead atoms. The van der Waals surface area contributed by atoms with Crippen molar-refractivity contribution < 1.29 is 23.1 Å². The summed E-state index contributed by atoms with van der Waals surface area (Å²) >= 11 is 0. The van der Waals surface area contributed by atoms with Gasteiger partial charge in [-0.05, 0) is 44.9 Å². The number of sulfonamides is 1. The van der Waals surface area contributed by atoms with Gasteiger partial charge >= 0.3 is 5.97 Å². The lowest BCUT2D eigenvalue weighted by Crippen LogP contribution is -2.35. The number of esters is 1. The van der Waals surface area contributed by atoms with Crippen LogP contribution in [0.25, 0.3) is 0 Å². The van der Waals surface area contributed by atoms with E-state index in [4.69, 9.17) is 0 Å². The van der Waals surface area contributed by atoms with Crippen LogP contribution in [-0.4, -0.2) is 38.7 Å². The van der Waals surface area contributed by atoms with Gasteiger partial charge in [0.1, 0.15) is 0 Å². The molecule has 1 rings (SSSR count). The summed E-state index contributed by atoms with van der Waals surface area (Å²) in [6, 6.07) is 3.94. The highest BCUT2D eigenvalue weighted by Gasteiger charge is 2.22. The van der Waals surface area contributed by atoms with Crippen LogP contribution < -0.4 is 4.72 Å². The second-order valence-electron chi connectivity index (χ2n) is 5.08. The zero-order chi connectivity index (χ0) is 16.2. The lowest BCUT2D eigenvalue weighted by atomic mass is 10.1.